The number of aromatic nitrogens is 4. The summed E-state index contributed by atoms with van der Waals surface area (Å²) < 4.78 is 24.3. The van der Waals surface area contributed by atoms with Crippen LogP contribution < -0.4 is 9.47 Å². The lowest BCUT2D eigenvalue weighted by Crippen LogP contribution is -2.11. The second-order valence-electron chi connectivity index (χ2n) is 18.5. The number of allylic oxidation sites excluding steroid dienone is 1. The van der Waals surface area contributed by atoms with Crippen LogP contribution >= 0.6 is 0 Å². The maximum Gasteiger partial charge on any atom is 0.248 e. The van der Waals surface area contributed by atoms with E-state index >= 15 is 0 Å². The summed E-state index contributed by atoms with van der Waals surface area (Å²) in [4.78, 5) is 0. The fourth-order valence-corrected chi connectivity index (χ4v) is 8.88. The first-order valence-electron chi connectivity index (χ1n) is 25.6. The van der Waals surface area contributed by atoms with E-state index in [-0.39, 0.29) is 5.57 Å². The topological polar surface area (TPSA) is 144 Å². The van der Waals surface area contributed by atoms with Gasteiger partial charge >= 0.3 is 0 Å². The SMILES string of the molecule is CCCCC(CC)COc1ccc(-c2nnc(-c3ccc(C#Cc4ccc5c(c4)C(=C(C#N)C#N)c4cc(C#Cc6ccc(-c7nnc(-c8ccc(OCC(CC)CCCC)cc8)o7)cc6)ccc4-5)cc3)o2)cc1. The molecule has 9 rings (SSSR count). The summed E-state index contributed by atoms with van der Waals surface area (Å²) >= 11 is 0. The summed E-state index contributed by atoms with van der Waals surface area (Å²) in [6.45, 7) is 10.3. The third-order valence-electron chi connectivity index (χ3n) is 13.4. The fraction of sp³-hybridized carbons (Fsp3) is 0.250. The lowest BCUT2D eigenvalue weighted by molar-refractivity contribution is 0.233. The van der Waals surface area contributed by atoms with E-state index in [0.29, 0.717) is 54.2 Å². The number of hydrogen-bond donors (Lipinski definition) is 0. The minimum atomic E-state index is 0.0216. The van der Waals surface area contributed by atoms with E-state index in [1.54, 1.807) is 0 Å². The van der Waals surface area contributed by atoms with Gasteiger partial charge in [0.2, 0.25) is 23.6 Å². The highest BCUT2D eigenvalue weighted by atomic mass is 16.5. The summed E-state index contributed by atoms with van der Waals surface area (Å²) in [5.74, 6) is 17.5. The van der Waals surface area contributed by atoms with Crippen LogP contribution in [0, 0.1) is 58.2 Å². The van der Waals surface area contributed by atoms with Crippen LogP contribution in [0.3, 0.4) is 0 Å². The molecule has 0 saturated heterocycles. The number of nitriles is 2. The number of rotatable bonds is 18. The maximum atomic E-state index is 10.1. The molecule has 74 heavy (non-hydrogen) atoms. The summed E-state index contributed by atoms with van der Waals surface area (Å²) in [5.41, 5.74) is 10.2. The molecule has 0 fully saturated rings. The van der Waals surface area contributed by atoms with Crippen LogP contribution in [0.2, 0.25) is 0 Å². The first-order chi connectivity index (χ1) is 36.4. The van der Waals surface area contributed by atoms with Crippen molar-refractivity contribution in [2.45, 2.75) is 79.1 Å². The number of unbranched alkanes of at least 4 members (excludes halogenated alkanes) is 2. The monoisotopic (exact) mass is 972 g/mol. The Kier molecular flexibility index (Phi) is 16.2. The Morgan fingerprint density at radius 2 is 0.784 bits per heavy atom. The molecule has 0 spiro atoms. The molecule has 1 aliphatic rings. The lowest BCUT2D eigenvalue weighted by Gasteiger charge is -2.15. The predicted molar refractivity (Wildman–Crippen MR) is 289 cm³/mol. The van der Waals surface area contributed by atoms with Crippen LogP contribution in [0.25, 0.3) is 62.5 Å². The van der Waals surface area contributed by atoms with Crippen molar-refractivity contribution in [1.29, 1.82) is 10.5 Å². The van der Waals surface area contributed by atoms with Gasteiger partial charge in [-0.1, -0.05) is 102 Å². The fourth-order valence-electron chi connectivity index (χ4n) is 8.88. The normalized spacial score (nSPS) is 11.9. The molecule has 366 valence electrons. The quantitative estimate of drug-likeness (QED) is 0.0602. The lowest BCUT2D eigenvalue weighted by atomic mass is 9.97. The van der Waals surface area contributed by atoms with Crippen LogP contribution in [0.15, 0.2) is 148 Å². The van der Waals surface area contributed by atoms with E-state index in [1.165, 1.54) is 38.5 Å². The van der Waals surface area contributed by atoms with Crippen molar-refractivity contribution in [3.8, 4) is 104 Å². The Morgan fingerprint density at radius 1 is 0.446 bits per heavy atom. The summed E-state index contributed by atoms with van der Waals surface area (Å²) in [5, 5.41) is 37.5. The molecule has 0 amide bonds. The predicted octanol–water partition coefficient (Wildman–Crippen LogP) is 14.9. The minimum absolute atomic E-state index is 0.0216. The van der Waals surface area contributed by atoms with Gasteiger partial charge in [-0.25, -0.2) is 0 Å². The molecule has 10 nitrogen and oxygen atoms in total. The molecule has 6 aromatic carbocycles. The van der Waals surface area contributed by atoms with Crippen LogP contribution in [-0.4, -0.2) is 33.6 Å². The Balaban J connectivity index is 0.840. The van der Waals surface area contributed by atoms with Crippen LogP contribution in [0.1, 0.15) is 112 Å². The van der Waals surface area contributed by atoms with Gasteiger partial charge in [0, 0.05) is 50.1 Å². The second-order valence-corrected chi connectivity index (χ2v) is 18.5. The van der Waals surface area contributed by atoms with Crippen molar-refractivity contribution < 1.29 is 18.3 Å². The van der Waals surface area contributed by atoms with Gasteiger partial charge in [-0.3, -0.25) is 0 Å². The number of benzene rings is 6. The summed E-state index contributed by atoms with van der Waals surface area (Å²) in [7, 11) is 0. The standard InChI is InChI=1S/C64H56N6O4/c1-5-9-11-43(7-3)41-71-54-31-27-51(28-32-54)63-69-67-61(73-63)49-23-17-45(18-24-49)13-15-47-21-35-56-57-36-22-48(38-59(57)60(58(56)37-47)53(39-65)40-66)16-14-46-19-25-50(26-20-46)62-68-70-64(74-62)52-29-33-55(34-30-52)72-42-44(8-4)12-10-6-2/h17-38,43-44H,5-12,41-42H2,1-4H3. The Hall–Kier alpha value is -8.96. The molecule has 0 aliphatic heterocycles. The number of fused-ring (bicyclic) bond motifs is 3. The first kappa shape index (κ1) is 50.0. The summed E-state index contributed by atoms with van der Waals surface area (Å²) in [6.07, 6.45) is 9.40. The molecule has 2 heterocycles. The van der Waals surface area contributed by atoms with Crippen LogP contribution in [0.5, 0.6) is 11.5 Å². The molecule has 1 aliphatic carbocycles. The number of ether oxygens (including phenoxy) is 2. The Labute approximate surface area is 433 Å². The van der Waals surface area contributed by atoms with E-state index in [9.17, 15) is 10.5 Å². The van der Waals surface area contributed by atoms with E-state index in [2.05, 4.69) is 83.9 Å². The molecule has 0 bridgehead atoms. The van der Waals surface area contributed by atoms with E-state index in [4.69, 9.17) is 18.3 Å². The van der Waals surface area contributed by atoms with Gasteiger partial charge in [-0.05, 0) is 168 Å². The average Bonchev–Trinajstić information content (AvgIpc) is 4.24. The second kappa shape index (κ2) is 24.0. The molecular weight excluding hydrogens is 917 g/mol. The maximum absolute atomic E-state index is 10.1. The molecule has 10 heteroatoms. The van der Waals surface area contributed by atoms with Crippen LogP contribution in [-0.2, 0) is 0 Å². The molecule has 0 radical (unpaired) electrons. The molecular formula is C64H56N6O4. The van der Waals surface area contributed by atoms with Gasteiger partial charge < -0.3 is 18.3 Å². The highest BCUT2D eigenvalue weighted by Gasteiger charge is 2.27. The van der Waals surface area contributed by atoms with E-state index in [0.717, 1.165) is 91.1 Å². The molecule has 2 unspecified atom stereocenters. The van der Waals surface area contributed by atoms with Crippen molar-refractivity contribution in [2.24, 2.45) is 11.8 Å². The number of nitrogens with zero attached hydrogens (tertiary/aromatic N) is 6. The third-order valence-corrected chi connectivity index (χ3v) is 13.4. The van der Waals surface area contributed by atoms with Gasteiger partial charge in [-0.15, -0.1) is 20.4 Å². The van der Waals surface area contributed by atoms with Gasteiger partial charge in [0.15, 0.2) is 0 Å². The smallest absolute Gasteiger partial charge is 0.248 e. The molecule has 8 aromatic rings. The third kappa shape index (κ3) is 11.9. The van der Waals surface area contributed by atoms with Gasteiger partial charge in [-0.2, -0.15) is 10.5 Å². The molecule has 0 N–H and O–H groups in total. The van der Waals surface area contributed by atoms with Crippen molar-refractivity contribution in [3.63, 3.8) is 0 Å². The van der Waals surface area contributed by atoms with Gasteiger partial charge in [0.1, 0.15) is 29.2 Å². The van der Waals surface area contributed by atoms with E-state index < -0.39 is 0 Å². The van der Waals surface area contributed by atoms with Crippen molar-refractivity contribution in [3.05, 3.63) is 172 Å². The number of hydrogen-bond acceptors (Lipinski definition) is 10. The zero-order valence-electron chi connectivity index (χ0n) is 42.2. The highest BCUT2D eigenvalue weighted by Crippen LogP contribution is 2.46. The Bertz CT molecular complexity index is 3250. The van der Waals surface area contributed by atoms with Crippen molar-refractivity contribution >= 4 is 5.57 Å². The zero-order valence-corrected chi connectivity index (χ0v) is 42.2. The van der Waals surface area contributed by atoms with Gasteiger partial charge in [0.25, 0.3) is 0 Å². The minimum Gasteiger partial charge on any atom is -0.493 e. The van der Waals surface area contributed by atoms with E-state index in [1.807, 2.05) is 133 Å². The van der Waals surface area contributed by atoms with Crippen molar-refractivity contribution in [2.75, 3.05) is 13.2 Å². The van der Waals surface area contributed by atoms with Crippen molar-refractivity contribution in [1.82, 2.24) is 20.4 Å². The highest BCUT2D eigenvalue weighted by molar-refractivity contribution is 6.04. The first-order valence-corrected chi connectivity index (χ1v) is 25.6. The molecule has 2 atom stereocenters. The molecule has 2 aromatic heterocycles. The largest absolute Gasteiger partial charge is 0.493 e. The van der Waals surface area contributed by atoms with Crippen LogP contribution in [0.4, 0.5) is 0 Å². The Morgan fingerprint density at radius 3 is 1.12 bits per heavy atom. The zero-order chi connectivity index (χ0) is 51.2. The average molecular weight is 973 g/mol. The molecule has 0 saturated carbocycles. The summed E-state index contributed by atoms with van der Waals surface area (Å²) in [6, 6.07) is 46.8. The van der Waals surface area contributed by atoms with Gasteiger partial charge in [0.05, 0.1) is 13.2 Å².